The Hall–Kier alpha value is -1.65. The lowest BCUT2D eigenvalue weighted by Crippen LogP contribution is -2.56. The van der Waals surface area contributed by atoms with Crippen LogP contribution in [0.4, 0.5) is 0 Å². The third-order valence-electron chi connectivity index (χ3n) is 8.20. The minimum absolute atomic E-state index is 0.142. The summed E-state index contributed by atoms with van der Waals surface area (Å²) in [6.07, 6.45) is -0.955. The molecular weight excluding hydrogens is 490 g/mol. The summed E-state index contributed by atoms with van der Waals surface area (Å²) in [4.78, 5) is 41.8. The van der Waals surface area contributed by atoms with Crippen molar-refractivity contribution in [3.8, 4) is 0 Å². The Morgan fingerprint density at radius 3 is 2.26 bits per heavy atom. The molecule has 0 aromatic heterocycles. The zero-order valence-electron chi connectivity index (χ0n) is 24.8. The predicted octanol–water partition coefficient (Wildman–Crippen LogP) is 2.90. The summed E-state index contributed by atoms with van der Waals surface area (Å²) in [6.45, 7) is 13.7. The van der Waals surface area contributed by atoms with E-state index in [0.717, 1.165) is 0 Å². The van der Waals surface area contributed by atoms with Crippen LogP contribution in [0.2, 0.25) is 0 Å². The van der Waals surface area contributed by atoms with Gasteiger partial charge in [0.2, 0.25) is 0 Å². The highest BCUT2D eigenvalue weighted by Crippen LogP contribution is 2.33. The van der Waals surface area contributed by atoms with Gasteiger partial charge in [0, 0.05) is 17.9 Å². The van der Waals surface area contributed by atoms with E-state index in [1.165, 1.54) is 19.9 Å². The Morgan fingerprint density at radius 2 is 1.71 bits per heavy atom. The molecule has 2 N–H and O–H groups in total. The van der Waals surface area contributed by atoms with Gasteiger partial charge in [-0.1, -0.05) is 27.7 Å². The van der Waals surface area contributed by atoms with Gasteiger partial charge in [0.05, 0.1) is 12.2 Å². The van der Waals surface area contributed by atoms with Crippen molar-refractivity contribution >= 4 is 17.5 Å². The summed E-state index contributed by atoms with van der Waals surface area (Å²) in [5, 5.41) is 22.1. The number of cyclic esters (lactones) is 1. The lowest BCUT2D eigenvalue weighted by molar-refractivity contribution is -0.278. The molecular formula is C29H49NO8. The van der Waals surface area contributed by atoms with Crippen molar-refractivity contribution < 1.29 is 38.8 Å². The average Bonchev–Trinajstić information content (AvgIpc) is 2.83. The van der Waals surface area contributed by atoms with Crippen LogP contribution in [0.15, 0.2) is 11.6 Å². The lowest BCUT2D eigenvalue weighted by atomic mass is 9.80. The van der Waals surface area contributed by atoms with Crippen molar-refractivity contribution in [2.75, 3.05) is 14.1 Å². The standard InChI is InChI=1S/C29H49NO8/c1-11-22-29(8,35)14-17(4)23(31)15(2)12-16(3)26(19(6)24(32)20(7)27(34)37-22)38-28-25(33)21(30(9)10)13-18(5)36-28/h14-16,18-22,25-26,28,33,35H,11-13H2,1-10H3. The predicted molar refractivity (Wildman–Crippen MR) is 143 cm³/mol. The molecule has 0 saturated carbocycles. The highest BCUT2D eigenvalue weighted by atomic mass is 16.7. The van der Waals surface area contributed by atoms with E-state index in [1.54, 1.807) is 20.8 Å². The number of ether oxygens (including phenoxy) is 3. The summed E-state index contributed by atoms with van der Waals surface area (Å²) >= 11 is 0. The van der Waals surface area contributed by atoms with Crippen LogP contribution in [0.5, 0.6) is 0 Å². The number of aliphatic hydroxyl groups is 2. The highest BCUT2D eigenvalue weighted by Gasteiger charge is 2.44. The molecule has 218 valence electrons. The highest BCUT2D eigenvalue weighted by molar-refractivity contribution is 6.00. The van der Waals surface area contributed by atoms with E-state index in [0.29, 0.717) is 24.8 Å². The number of Topliss-reactive ketones (excluding diaryl/α,β-unsaturated/α-hetero) is 2. The first-order valence-corrected chi connectivity index (χ1v) is 13.9. The number of hydrogen-bond donors (Lipinski definition) is 2. The molecule has 2 rings (SSSR count). The van der Waals surface area contributed by atoms with Crippen LogP contribution in [0.25, 0.3) is 0 Å². The van der Waals surface area contributed by atoms with E-state index in [-0.39, 0.29) is 29.6 Å². The van der Waals surface area contributed by atoms with Gasteiger partial charge in [-0.15, -0.1) is 0 Å². The first-order valence-electron chi connectivity index (χ1n) is 13.9. The Kier molecular flexibility index (Phi) is 11.3. The van der Waals surface area contributed by atoms with Crippen molar-refractivity contribution in [1.29, 1.82) is 0 Å². The Balaban J connectivity index is 2.48. The number of hydrogen-bond acceptors (Lipinski definition) is 9. The molecule has 0 spiro atoms. The fraction of sp³-hybridized carbons (Fsp3) is 0.828. The second-order valence-electron chi connectivity index (χ2n) is 12.0. The smallest absolute Gasteiger partial charge is 0.316 e. The van der Waals surface area contributed by atoms with Gasteiger partial charge >= 0.3 is 5.97 Å². The molecule has 0 radical (unpaired) electrons. The van der Waals surface area contributed by atoms with E-state index in [1.807, 2.05) is 39.8 Å². The van der Waals surface area contributed by atoms with Gasteiger partial charge in [0.1, 0.15) is 23.7 Å². The zero-order valence-corrected chi connectivity index (χ0v) is 24.8. The Morgan fingerprint density at radius 1 is 1.11 bits per heavy atom. The Bertz CT molecular complexity index is 884. The first kappa shape index (κ1) is 32.6. The van der Waals surface area contributed by atoms with Crippen LogP contribution < -0.4 is 0 Å². The topological polar surface area (TPSA) is 123 Å². The molecule has 0 aromatic carbocycles. The molecule has 9 nitrogen and oxygen atoms in total. The lowest BCUT2D eigenvalue weighted by Gasteiger charge is -2.43. The second-order valence-corrected chi connectivity index (χ2v) is 12.0. The fourth-order valence-electron chi connectivity index (χ4n) is 5.87. The van der Waals surface area contributed by atoms with Crippen molar-refractivity contribution in [2.24, 2.45) is 23.7 Å². The maximum absolute atomic E-state index is 13.6. The molecule has 38 heavy (non-hydrogen) atoms. The monoisotopic (exact) mass is 539 g/mol. The van der Waals surface area contributed by atoms with Gasteiger partial charge in [-0.2, -0.15) is 0 Å². The Labute approximate surface area is 227 Å². The van der Waals surface area contributed by atoms with Crippen LogP contribution >= 0.6 is 0 Å². The number of carbonyl (C=O) groups is 3. The van der Waals surface area contributed by atoms with E-state index < -0.39 is 53.9 Å². The van der Waals surface area contributed by atoms with Crippen molar-refractivity contribution in [3.63, 3.8) is 0 Å². The zero-order chi connectivity index (χ0) is 29.1. The molecule has 9 heteroatoms. The van der Waals surface area contributed by atoms with Crippen LogP contribution in [0.1, 0.15) is 74.7 Å². The normalized spacial score (nSPS) is 42.4. The molecule has 2 heterocycles. The van der Waals surface area contributed by atoms with Gasteiger partial charge in [-0.25, -0.2) is 0 Å². The van der Waals surface area contributed by atoms with Crippen molar-refractivity contribution in [2.45, 2.75) is 117 Å². The van der Waals surface area contributed by atoms with Crippen molar-refractivity contribution in [1.82, 2.24) is 4.90 Å². The summed E-state index contributed by atoms with van der Waals surface area (Å²) in [5.74, 6) is -3.80. The number of allylic oxidation sites excluding steroid dienone is 1. The van der Waals surface area contributed by atoms with Crippen LogP contribution in [-0.4, -0.2) is 89.1 Å². The average molecular weight is 540 g/mol. The molecule has 11 unspecified atom stereocenters. The largest absolute Gasteiger partial charge is 0.458 e. The van der Waals surface area contributed by atoms with E-state index >= 15 is 0 Å². The quantitative estimate of drug-likeness (QED) is 0.410. The number of esters is 1. The third kappa shape index (κ3) is 7.50. The van der Waals surface area contributed by atoms with Gasteiger partial charge in [0.25, 0.3) is 0 Å². The van der Waals surface area contributed by atoms with Gasteiger partial charge in [0.15, 0.2) is 17.9 Å². The van der Waals surface area contributed by atoms with Crippen LogP contribution in [-0.2, 0) is 28.6 Å². The van der Waals surface area contributed by atoms with Crippen LogP contribution in [0, 0.1) is 23.7 Å². The number of carbonyl (C=O) groups excluding carboxylic acids is 3. The number of rotatable bonds is 4. The maximum atomic E-state index is 13.6. The van der Waals surface area contributed by atoms with E-state index in [2.05, 4.69) is 0 Å². The maximum Gasteiger partial charge on any atom is 0.316 e. The molecule has 11 atom stereocenters. The van der Waals surface area contributed by atoms with Gasteiger partial charge in [-0.3, -0.25) is 14.4 Å². The minimum atomic E-state index is -1.58. The summed E-state index contributed by atoms with van der Waals surface area (Å²) in [6, 6.07) is -0.190. The number of aliphatic hydroxyl groups excluding tert-OH is 1. The summed E-state index contributed by atoms with van der Waals surface area (Å²) in [5.41, 5.74) is -1.20. The molecule has 2 aliphatic heterocycles. The summed E-state index contributed by atoms with van der Waals surface area (Å²) in [7, 11) is 3.77. The fourth-order valence-corrected chi connectivity index (χ4v) is 5.87. The molecule has 1 saturated heterocycles. The van der Waals surface area contributed by atoms with Crippen molar-refractivity contribution in [3.05, 3.63) is 11.6 Å². The third-order valence-corrected chi connectivity index (χ3v) is 8.20. The van der Waals surface area contributed by atoms with Gasteiger partial charge < -0.3 is 29.3 Å². The number of likely N-dealkylation sites (N-methyl/N-ethyl adjacent to an activating group) is 1. The SMILES string of the molecule is CCC1OC(=O)C(C)C(=O)C(C)C(OC2OC(C)CC(N(C)C)C2O)C(C)CC(C)C(=O)C(C)=CC1(C)O. The second kappa shape index (κ2) is 13.1. The molecule has 0 aliphatic carbocycles. The molecule has 2 aliphatic rings. The molecule has 0 bridgehead atoms. The van der Waals surface area contributed by atoms with E-state index in [4.69, 9.17) is 14.2 Å². The summed E-state index contributed by atoms with van der Waals surface area (Å²) < 4.78 is 18.0. The minimum Gasteiger partial charge on any atom is -0.458 e. The van der Waals surface area contributed by atoms with E-state index in [9.17, 15) is 24.6 Å². The van der Waals surface area contributed by atoms with Crippen LogP contribution in [0.3, 0.4) is 0 Å². The van der Waals surface area contributed by atoms with Gasteiger partial charge in [-0.05, 0) is 78.6 Å². The molecule has 1 fully saturated rings. The first-order chi connectivity index (χ1) is 17.5. The number of ketones is 2. The molecule has 0 aromatic rings. The number of nitrogens with zero attached hydrogens (tertiary/aromatic N) is 1. The molecule has 0 amide bonds.